The van der Waals surface area contributed by atoms with Crippen molar-refractivity contribution in [3.63, 3.8) is 0 Å². The van der Waals surface area contributed by atoms with Crippen LogP contribution in [0.5, 0.6) is 0 Å². The average Bonchev–Trinajstić information content (AvgIpc) is 2.55. The minimum Gasteiger partial charge on any atom is -0.255 e. The van der Waals surface area contributed by atoms with Crippen molar-refractivity contribution < 1.29 is 0 Å². The van der Waals surface area contributed by atoms with Crippen molar-refractivity contribution in [2.75, 3.05) is 5.75 Å². The lowest BCUT2D eigenvalue weighted by molar-refractivity contribution is 1.31. The van der Waals surface area contributed by atoms with E-state index < -0.39 is 0 Å². The Hall–Kier alpha value is -1.28. The molecule has 0 aromatic heterocycles. The van der Waals surface area contributed by atoms with Crippen molar-refractivity contribution in [3.05, 3.63) is 34.7 Å². The quantitative estimate of drug-likeness (QED) is 0.618. The Labute approximate surface area is 86.6 Å². The number of hydrogen-bond donors (Lipinski definition) is 0. The molecule has 0 fully saturated rings. The van der Waals surface area contributed by atoms with Gasteiger partial charge in [-0.1, -0.05) is 30.4 Å². The van der Waals surface area contributed by atoms with E-state index in [1.54, 1.807) is 0 Å². The summed E-state index contributed by atoms with van der Waals surface area (Å²) in [6.45, 7) is 0. The topological polar surface area (TPSA) is 12.4 Å². The second-order valence-electron chi connectivity index (χ2n) is 3.27. The molecule has 0 radical (unpaired) electrons. The molecule has 0 atom stereocenters. The fraction of sp³-hybridized carbons (Fsp3) is 0.0833. The number of nitrogens with zero attached hydrogens (tertiary/aromatic N) is 1. The number of rotatable bonds is 0. The van der Waals surface area contributed by atoms with Gasteiger partial charge in [-0.15, -0.1) is 11.8 Å². The zero-order chi connectivity index (χ0) is 9.38. The smallest absolute Gasteiger partial charge is 0.0843 e. The summed E-state index contributed by atoms with van der Waals surface area (Å²) >= 11 is 1.87. The standard InChI is InChI=1S/C12H9NS/c1-2-7-13-11-9(3-1)4-5-10-6-8-14-12(10)11/h1-7H,8H2. The van der Waals surface area contributed by atoms with Crippen molar-refractivity contribution in [3.8, 4) is 0 Å². The Morgan fingerprint density at radius 1 is 1.14 bits per heavy atom. The maximum absolute atomic E-state index is 4.47. The summed E-state index contributed by atoms with van der Waals surface area (Å²) in [7, 11) is 0. The highest BCUT2D eigenvalue weighted by Gasteiger charge is 2.09. The first kappa shape index (κ1) is 8.06. The van der Waals surface area contributed by atoms with E-state index in [-0.39, 0.29) is 0 Å². The number of allylic oxidation sites excluding steroid dienone is 2. The van der Waals surface area contributed by atoms with Crippen LogP contribution in [0, 0.1) is 0 Å². The average molecular weight is 199 g/mol. The van der Waals surface area contributed by atoms with Crippen molar-refractivity contribution in [1.29, 1.82) is 0 Å². The Kier molecular flexibility index (Phi) is 1.81. The van der Waals surface area contributed by atoms with Crippen LogP contribution in [0.4, 0.5) is 5.69 Å². The zero-order valence-electron chi connectivity index (χ0n) is 7.60. The molecule has 0 saturated heterocycles. The number of thioether (sulfide) groups is 1. The molecule has 2 heterocycles. The van der Waals surface area contributed by atoms with Crippen LogP contribution in [-0.2, 0) is 0 Å². The molecular formula is C12H9NS. The van der Waals surface area contributed by atoms with E-state index in [1.165, 1.54) is 15.3 Å². The molecule has 0 saturated carbocycles. The first-order valence-electron chi connectivity index (χ1n) is 4.62. The molecule has 1 aromatic rings. The molecule has 3 rings (SSSR count). The van der Waals surface area contributed by atoms with Crippen LogP contribution >= 0.6 is 11.8 Å². The van der Waals surface area contributed by atoms with E-state index in [0.717, 1.165) is 11.4 Å². The molecule has 68 valence electrons. The predicted octanol–water partition coefficient (Wildman–Crippen LogP) is 1.63. The van der Waals surface area contributed by atoms with Crippen molar-refractivity contribution in [2.24, 2.45) is 4.99 Å². The van der Waals surface area contributed by atoms with E-state index in [2.05, 4.69) is 29.3 Å². The molecule has 0 aliphatic carbocycles. The molecule has 0 amide bonds. The normalized spacial score (nSPS) is 16.6. The van der Waals surface area contributed by atoms with Crippen LogP contribution in [0.15, 0.2) is 34.2 Å². The maximum Gasteiger partial charge on any atom is 0.0843 e. The summed E-state index contributed by atoms with van der Waals surface area (Å²) in [5.74, 6) is 1.08. The van der Waals surface area contributed by atoms with Gasteiger partial charge < -0.3 is 0 Å². The first-order valence-corrected chi connectivity index (χ1v) is 5.61. The lowest BCUT2D eigenvalue weighted by Gasteiger charge is -2.00. The summed E-state index contributed by atoms with van der Waals surface area (Å²) in [5, 5.41) is 2.55. The second-order valence-corrected chi connectivity index (χ2v) is 4.30. The Bertz CT molecular complexity index is 552. The largest absolute Gasteiger partial charge is 0.255 e. The van der Waals surface area contributed by atoms with Crippen molar-refractivity contribution >= 4 is 35.8 Å². The van der Waals surface area contributed by atoms with Gasteiger partial charge in [-0.2, -0.15) is 0 Å². The summed E-state index contributed by atoms with van der Waals surface area (Å²) < 4.78 is 0. The third-order valence-electron chi connectivity index (χ3n) is 2.40. The third kappa shape index (κ3) is 1.15. The van der Waals surface area contributed by atoms with Gasteiger partial charge in [0.1, 0.15) is 0 Å². The minimum absolute atomic E-state index is 1.08. The Morgan fingerprint density at radius 2 is 2.07 bits per heavy atom. The van der Waals surface area contributed by atoms with Gasteiger partial charge in [-0.3, -0.25) is 4.99 Å². The summed E-state index contributed by atoms with van der Waals surface area (Å²) in [6, 6.07) is 4.32. The third-order valence-corrected chi connectivity index (χ3v) is 3.45. The number of benzene rings is 1. The van der Waals surface area contributed by atoms with Gasteiger partial charge in [0.25, 0.3) is 0 Å². The van der Waals surface area contributed by atoms with Crippen LogP contribution in [0.2, 0.25) is 0 Å². The second kappa shape index (κ2) is 3.14. The monoisotopic (exact) mass is 199 g/mol. The summed E-state index contributed by atoms with van der Waals surface area (Å²) in [6.07, 6.45) is 10.2. The first-order chi connectivity index (χ1) is 6.95. The number of hydrogen-bond acceptors (Lipinski definition) is 2. The molecule has 1 aromatic carbocycles. The van der Waals surface area contributed by atoms with E-state index >= 15 is 0 Å². The van der Waals surface area contributed by atoms with Gasteiger partial charge in [0.15, 0.2) is 0 Å². The molecule has 2 aliphatic heterocycles. The van der Waals surface area contributed by atoms with Crippen LogP contribution in [0.1, 0.15) is 0 Å². The lowest BCUT2D eigenvalue weighted by Crippen LogP contribution is -2.09. The van der Waals surface area contributed by atoms with Gasteiger partial charge in [-0.05, 0) is 11.3 Å². The molecule has 0 spiro atoms. The van der Waals surface area contributed by atoms with Crippen LogP contribution in [0.3, 0.4) is 0 Å². The molecule has 14 heavy (non-hydrogen) atoms. The van der Waals surface area contributed by atoms with E-state index in [4.69, 9.17) is 0 Å². The SMILES string of the molecule is C1=CC=c2ccc3c(c2N=C1)SCC=3. The van der Waals surface area contributed by atoms with Crippen LogP contribution < -0.4 is 10.4 Å². The van der Waals surface area contributed by atoms with Gasteiger partial charge in [0.2, 0.25) is 0 Å². The number of aliphatic imine (C=N–C) groups is 1. The van der Waals surface area contributed by atoms with Crippen LogP contribution in [0.25, 0.3) is 12.2 Å². The molecule has 0 bridgehead atoms. The molecule has 2 heteroatoms. The highest BCUT2D eigenvalue weighted by molar-refractivity contribution is 8.00. The van der Waals surface area contributed by atoms with E-state index in [1.807, 2.05) is 30.1 Å². The Balaban J connectivity index is 2.42. The van der Waals surface area contributed by atoms with Gasteiger partial charge in [0.05, 0.1) is 5.69 Å². The highest BCUT2D eigenvalue weighted by Crippen LogP contribution is 2.26. The molecule has 0 N–H and O–H groups in total. The fourth-order valence-corrected chi connectivity index (χ4v) is 2.78. The summed E-state index contributed by atoms with van der Waals surface area (Å²) in [5.41, 5.74) is 1.13. The lowest BCUT2D eigenvalue weighted by atomic mass is 10.2. The molecule has 2 aliphatic rings. The summed E-state index contributed by atoms with van der Waals surface area (Å²) in [4.78, 5) is 5.81. The zero-order valence-corrected chi connectivity index (χ0v) is 8.42. The molecule has 0 unspecified atom stereocenters. The predicted molar refractivity (Wildman–Crippen MR) is 62.6 cm³/mol. The molecular weight excluding hydrogens is 190 g/mol. The number of fused-ring (bicyclic) bond motifs is 3. The minimum atomic E-state index is 1.08. The van der Waals surface area contributed by atoms with Gasteiger partial charge in [0, 0.05) is 22.1 Å². The van der Waals surface area contributed by atoms with Crippen molar-refractivity contribution in [2.45, 2.75) is 4.90 Å². The van der Waals surface area contributed by atoms with E-state index in [0.29, 0.717) is 0 Å². The van der Waals surface area contributed by atoms with E-state index in [9.17, 15) is 0 Å². The van der Waals surface area contributed by atoms with Crippen LogP contribution in [-0.4, -0.2) is 12.0 Å². The van der Waals surface area contributed by atoms with Gasteiger partial charge >= 0.3 is 0 Å². The Morgan fingerprint density at radius 3 is 3.07 bits per heavy atom. The fourth-order valence-electron chi connectivity index (χ4n) is 1.72. The maximum atomic E-state index is 4.47. The highest BCUT2D eigenvalue weighted by atomic mass is 32.2. The molecule has 1 nitrogen and oxygen atoms in total. The van der Waals surface area contributed by atoms with Gasteiger partial charge in [-0.25, -0.2) is 0 Å². The van der Waals surface area contributed by atoms with Crippen molar-refractivity contribution in [1.82, 2.24) is 0 Å².